The Morgan fingerprint density at radius 1 is 0.903 bits per heavy atom. The van der Waals surface area contributed by atoms with Crippen LogP contribution in [-0.4, -0.2) is 31.1 Å². The number of hydrogen-bond donors (Lipinski definition) is 0. The number of para-hydroxylation sites is 2. The summed E-state index contributed by atoms with van der Waals surface area (Å²) in [6, 6.07) is 21.4. The molecule has 31 heavy (non-hydrogen) atoms. The van der Waals surface area contributed by atoms with E-state index in [-0.39, 0.29) is 12.5 Å². The largest absolute Gasteiger partial charge is 0.493 e. The van der Waals surface area contributed by atoms with Crippen molar-refractivity contribution in [1.82, 2.24) is 4.90 Å². The quantitative estimate of drug-likeness (QED) is 0.550. The maximum atomic E-state index is 13.2. The first-order chi connectivity index (χ1) is 15.2. The third-order valence-electron chi connectivity index (χ3n) is 5.48. The van der Waals surface area contributed by atoms with Crippen molar-refractivity contribution >= 4 is 5.91 Å². The van der Waals surface area contributed by atoms with Crippen molar-refractivity contribution in [3.05, 3.63) is 89.0 Å². The number of methoxy groups -OCH3 is 1. The molecule has 0 atom stereocenters. The van der Waals surface area contributed by atoms with Crippen LogP contribution < -0.4 is 14.2 Å². The van der Waals surface area contributed by atoms with Crippen LogP contribution in [0.4, 0.5) is 0 Å². The van der Waals surface area contributed by atoms with Gasteiger partial charge in [-0.05, 0) is 54.8 Å². The van der Waals surface area contributed by atoms with Gasteiger partial charge in [-0.2, -0.15) is 0 Å². The molecule has 1 aliphatic rings. The van der Waals surface area contributed by atoms with E-state index in [1.54, 1.807) is 7.11 Å². The maximum Gasteiger partial charge on any atom is 0.254 e. The highest BCUT2D eigenvalue weighted by Gasteiger charge is 2.22. The SMILES string of the molecule is CCOc1ccc(C(=O)N2CCc3ccccc3C2)cc1COc1ccccc1OC. The second-order valence-electron chi connectivity index (χ2n) is 7.44. The number of carbonyl (C=O) groups excluding carboxylic acids is 1. The summed E-state index contributed by atoms with van der Waals surface area (Å²) in [4.78, 5) is 15.1. The van der Waals surface area contributed by atoms with E-state index in [2.05, 4.69) is 18.2 Å². The molecule has 160 valence electrons. The summed E-state index contributed by atoms with van der Waals surface area (Å²) in [5, 5.41) is 0. The molecule has 0 aliphatic carbocycles. The number of benzene rings is 3. The number of carbonyl (C=O) groups is 1. The lowest BCUT2D eigenvalue weighted by atomic mass is 9.99. The molecular formula is C26H27NO4. The van der Waals surface area contributed by atoms with E-state index in [9.17, 15) is 4.79 Å². The van der Waals surface area contributed by atoms with E-state index >= 15 is 0 Å². The normalized spacial score (nSPS) is 12.8. The summed E-state index contributed by atoms with van der Waals surface area (Å²) in [5.74, 6) is 2.06. The number of nitrogens with zero attached hydrogens (tertiary/aromatic N) is 1. The average molecular weight is 418 g/mol. The molecule has 3 aromatic rings. The van der Waals surface area contributed by atoms with Gasteiger partial charge in [-0.1, -0.05) is 36.4 Å². The molecule has 4 rings (SSSR count). The minimum Gasteiger partial charge on any atom is -0.493 e. The highest BCUT2D eigenvalue weighted by atomic mass is 16.5. The van der Waals surface area contributed by atoms with Gasteiger partial charge in [0.1, 0.15) is 12.4 Å². The van der Waals surface area contributed by atoms with Crippen molar-refractivity contribution < 1.29 is 19.0 Å². The van der Waals surface area contributed by atoms with Crippen LogP contribution in [-0.2, 0) is 19.6 Å². The zero-order chi connectivity index (χ0) is 21.6. The lowest BCUT2D eigenvalue weighted by Gasteiger charge is -2.29. The summed E-state index contributed by atoms with van der Waals surface area (Å²) in [6.07, 6.45) is 0.878. The summed E-state index contributed by atoms with van der Waals surface area (Å²) in [5.41, 5.74) is 4.01. The number of amides is 1. The van der Waals surface area contributed by atoms with Gasteiger partial charge in [0.05, 0.1) is 13.7 Å². The van der Waals surface area contributed by atoms with E-state index in [0.717, 1.165) is 24.3 Å². The maximum absolute atomic E-state index is 13.2. The lowest BCUT2D eigenvalue weighted by molar-refractivity contribution is 0.0734. The molecule has 1 heterocycles. The highest BCUT2D eigenvalue weighted by Crippen LogP contribution is 2.29. The van der Waals surface area contributed by atoms with Crippen LogP contribution in [0, 0.1) is 0 Å². The molecule has 1 aliphatic heterocycles. The van der Waals surface area contributed by atoms with Gasteiger partial charge < -0.3 is 19.1 Å². The Labute approximate surface area is 183 Å². The first-order valence-electron chi connectivity index (χ1n) is 10.6. The summed E-state index contributed by atoms with van der Waals surface area (Å²) < 4.78 is 17.1. The Morgan fingerprint density at radius 2 is 1.65 bits per heavy atom. The van der Waals surface area contributed by atoms with Gasteiger partial charge in [0.25, 0.3) is 5.91 Å². The smallest absolute Gasteiger partial charge is 0.254 e. The first kappa shape index (κ1) is 20.8. The van der Waals surface area contributed by atoms with Crippen molar-refractivity contribution in [2.45, 2.75) is 26.5 Å². The summed E-state index contributed by atoms with van der Waals surface area (Å²) in [7, 11) is 1.61. The van der Waals surface area contributed by atoms with Crippen LogP contribution in [0.2, 0.25) is 0 Å². The highest BCUT2D eigenvalue weighted by molar-refractivity contribution is 5.94. The van der Waals surface area contributed by atoms with Gasteiger partial charge in [-0.15, -0.1) is 0 Å². The lowest BCUT2D eigenvalue weighted by Crippen LogP contribution is -2.36. The third kappa shape index (κ3) is 4.66. The Kier molecular flexibility index (Phi) is 6.41. The fourth-order valence-electron chi connectivity index (χ4n) is 3.87. The molecule has 0 bridgehead atoms. The Morgan fingerprint density at radius 3 is 2.42 bits per heavy atom. The second kappa shape index (κ2) is 9.56. The first-order valence-corrected chi connectivity index (χ1v) is 10.6. The molecule has 0 saturated heterocycles. The Hall–Kier alpha value is -3.47. The molecule has 1 amide bonds. The van der Waals surface area contributed by atoms with E-state index in [4.69, 9.17) is 14.2 Å². The van der Waals surface area contributed by atoms with Crippen LogP contribution in [0.5, 0.6) is 17.2 Å². The molecule has 0 fully saturated rings. The van der Waals surface area contributed by atoms with Crippen molar-refractivity contribution in [2.75, 3.05) is 20.3 Å². The zero-order valence-electron chi connectivity index (χ0n) is 18.0. The van der Waals surface area contributed by atoms with Crippen LogP contribution in [0.1, 0.15) is 34.0 Å². The van der Waals surface area contributed by atoms with Gasteiger partial charge in [-0.3, -0.25) is 4.79 Å². The summed E-state index contributed by atoms with van der Waals surface area (Å²) in [6.45, 7) is 4.11. The van der Waals surface area contributed by atoms with Crippen molar-refractivity contribution in [3.8, 4) is 17.2 Å². The van der Waals surface area contributed by atoms with Crippen LogP contribution in [0.3, 0.4) is 0 Å². The molecule has 0 N–H and O–H groups in total. The average Bonchev–Trinajstić information content (AvgIpc) is 2.83. The number of ether oxygens (including phenoxy) is 3. The third-order valence-corrected chi connectivity index (χ3v) is 5.48. The number of fused-ring (bicyclic) bond motifs is 1. The predicted octanol–water partition coefficient (Wildman–Crippen LogP) is 4.87. The van der Waals surface area contributed by atoms with Gasteiger partial charge in [0.2, 0.25) is 0 Å². The fraction of sp³-hybridized carbons (Fsp3) is 0.269. The molecule has 0 aromatic heterocycles. The van der Waals surface area contributed by atoms with Gasteiger partial charge in [0, 0.05) is 24.2 Å². The minimum absolute atomic E-state index is 0.0242. The van der Waals surface area contributed by atoms with Crippen molar-refractivity contribution in [3.63, 3.8) is 0 Å². The number of hydrogen-bond acceptors (Lipinski definition) is 4. The molecule has 5 nitrogen and oxygen atoms in total. The standard InChI is InChI=1S/C26H27NO4/c1-3-30-23-13-12-20(16-22(23)18-31-25-11-7-6-10-24(25)29-2)26(28)27-15-14-19-8-4-5-9-21(19)17-27/h4-13,16H,3,14-15,17-18H2,1-2H3. The van der Waals surface area contributed by atoms with Gasteiger partial charge in [-0.25, -0.2) is 0 Å². The second-order valence-corrected chi connectivity index (χ2v) is 7.44. The van der Waals surface area contributed by atoms with Gasteiger partial charge >= 0.3 is 0 Å². The predicted molar refractivity (Wildman–Crippen MR) is 120 cm³/mol. The van der Waals surface area contributed by atoms with E-state index in [0.29, 0.717) is 30.2 Å². The molecule has 3 aromatic carbocycles. The molecule has 0 spiro atoms. The van der Waals surface area contributed by atoms with E-state index in [1.165, 1.54) is 11.1 Å². The zero-order valence-corrected chi connectivity index (χ0v) is 18.0. The van der Waals surface area contributed by atoms with Crippen LogP contribution in [0.25, 0.3) is 0 Å². The van der Waals surface area contributed by atoms with Crippen molar-refractivity contribution in [2.24, 2.45) is 0 Å². The minimum atomic E-state index is 0.0242. The number of rotatable bonds is 7. The van der Waals surface area contributed by atoms with E-state index in [1.807, 2.05) is 60.4 Å². The molecular weight excluding hydrogens is 390 g/mol. The van der Waals surface area contributed by atoms with Gasteiger partial charge in [0.15, 0.2) is 11.5 Å². The van der Waals surface area contributed by atoms with Crippen LogP contribution >= 0.6 is 0 Å². The topological polar surface area (TPSA) is 48.0 Å². The molecule has 0 saturated carbocycles. The van der Waals surface area contributed by atoms with Crippen LogP contribution in [0.15, 0.2) is 66.7 Å². The van der Waals surface area contributed by atoms with Crippen molar-refractivity contribution in [1.29, 1.82) is 0 Å². The molecule has 0 radical (unpaired) electrons. The Bertz CT molecular complexity index is 1060. The monoisotopic (exact) mass is 417 g/mol. The Balaban J connectivity index is 1.54. The van der Waals surface area contributed by atoms with E-state index < -0.39 is 0 Å². The molecule has 0 unspecified atom stereocenters. The summed E-state index contributed by atoms with van der Waals surface area (Å²) >= 11 is 0. The molecule has 5 heteroatoms. The fourth-order valence-corrected chi connectivity index (χ4v) is 3.87.